The van der Waals surface area contributed by atoms with Gasteiger partial charge >= 0.3 is 24.2 Å². The molecule has 3 rings (SSSR count). The van der Waals surface area contributed by atoms with E-state index in [0.717, 1.165) is 34.9 Å². The zero-order valence-corrected chi connectivity index (χ0v) is 25.6. The molecule has 1 saturated heterocycles. The number of carbonyl (C=O) groups is 6. The van der Waals surface area contributed by atoms with Crippen LogP contribution in [0.1, 0.15) is 33.4 Å². The largest absolute Gasteiger partial charge is 0.511 e. The number of anilines is 1. The van der Waals surface area contributed by atoms with Crippen LogP contribution in [0.15, 0.2) is 22.3 Å². The summed E-state index contributed by atoms with van der Waals surface area (Å²) in [6.45, 7) is 5.30. The van der Waals surface area contributed by atoms with E-state index in [-0.39, 0.29) is 23.2 Å². The van der Waals surface area contributed by atoms with Gasteiger partial charge in [-0.1, -0.05) is 5.16 Å². The second kappa shape index (κ2) is 13.7. The molecule has 0 radical (unpaired) electrons. The lowest BCUT2D eigenvalue weighted by Gasteiger charge is -2.53. The van der Waals surface area contributed by atoms with Crippen molar-refractivity contribution in [2.24, 2.45) is 5.16 Å². The Bertz CT molecular complexity index is 1360. The maximum atomic E-state index is 13.6. The van der Waals surface area contributed by atoms with E-state index in [4.69, 9.17) is 24.7 Å². The number of thioether (sulfide) groups is 1. The number of ether oxygens (including phenoxy) is 4. The number of nitrogens with zero attached hydrogens (tertiary/aromatic N) is 4. The van der Waals surface area contributed by atoms with E-state index >= 15 is 0 Å². The first-order chi connectivity index (χ1) is 20.1. The van der Waals surface area contributed by atoms with Gasteiger partial charge in [-0.15, -0.1) is 23.1 Å². The normalized spacial score (nSPS) is 20.1. The fraction of sp³-hybridized carbons (Fsp3) is 0.500. The molecule has 3 atom stereocenters. The first kappa shape index (κ1) is 33.1. The number of nitrogen functional groups attached to an aromatic ring is 1. The summed E-state index contributed by atoms with van der Waals surface area (Å²) in [7, 11) is 3.02. The number of hydrogen-bond donors (Lipinski definition) is 2. The molecule has 19 heteroatoms. The van der Waals surface area contributed by atoms with Gasteiger partial charge in [-0.25, -0.2) is 24.2 Å². The van der Waals surface area contributed by atoms with Crippen LogP contribution >= 0.6 is 23.1 Å². The highest BCUT2D eigenvalue weighted by molar-refractivity contribution is 8.00. The van der Waals surface area contributed by atoms with Crippen molar-refractivity contribution < 1.29 is 52.6 Å². The van der Waals surface area contributed by atoms with Gasteiger partial charge in [0.15, 0.2) is 10.8 Å². The fourth-order valence-electron chi connectivity index (χ4n) is 3.60. The molecule has 3 amide bonds. The standard InChI is InChI=1S/C24H30N6O11S2/c1-11(2)38-23(36)40-13(4)39-20(34)24(27-17(32)16(28-41-12(3)31)15-10-43-21(25)26-15)18(33)30-7-14(9-42-19(24)30)8-37-22(35)29(5)6/h7,10-11,13,19H,8-9H2,1-6H3,(H2,25,26)(H,27,32)/t13?,19-,24?/m0/s1. The number of nitrogens with one attached hydrogen (secondary N) is 1. The predicted molar refractivity (Wildman–Crippen MR) is 150 cm³/mol. The van der Waals surface area contributed by atoms with Gasteiger partial charge in [-0.2, -0.15) is 0 Å². The van der Waals surface area contributed by atoms with Gasteiger partial charge in [-0.3, -0.25) is 9.59 Å². The molecule has 0 aliphatic carbocycles. The third-order valence-corrected chi connectivity index (χ3v) is 7.54. The van der Waals surface area contributed by atoms with E-state index in [1.165, 1.54) is 37.5 Å². The summed E-state index contributed by atoms with van der Waals surface area (Å²) in [5.41, 5.74) is 3.22. The molecular weight excluding hydrogens is 612 g/mol. The molecule has 2 aliphatic heterocycles. The van der Waals surface area contributed by atoms with Gasteiger partial charge < -0.3 is 44.6 Å². The van der Waals surface area contributed by atoms with Crippen LogP contribution in [0.5, 0.6) is 0 Å². The summed E-state index contributed by atoms with van der Waals surface area (Å²) in [6.07, 6.45) is -2.36. The maximum absolute atomic E-state index is 13.6. The van der Waals surface area contributed by atoms with Crippen LogP contribution in [0.25, 0.3) is 0 Å². The van der Waals surface area contributed by atoms with Crippen LogP contribution in [-0.4, -0.2) is 106 Å². The van der Waals surface area contributed by atoms with E-state index < -0.39 is 65.0 Å². The zero-order chi connectivity index (χ0) is 32.1. The van der Waals surface area contributed by atoms with Crippen LogP contribution in [0.3, 0.4) is 0 Å². The summed E-state index contributed by atoms with van der Waals surface area (Å²) in [4.78, 5) is 86.8. The Morgan fingerprint density at radius 2 is 1.91 bits per heavy atom. The van der Waals surface area contributed by atoms with Crippen molar-refractivity contribution in [3.63, 3.8) is 0 Å². The van der Waals surface area contributed by atoms with Crippen molar-refractivity contribution in [1.29, 1.82) is 0 Å². The first-order valence-corrected chi connectivity index (χ1v) is 14.4. The Hall–Kier alpha value is -4.39. The lowest BCUT2D eigenvalue weighted by Crippen LogP contribution is -2.82. The van der Waals surface area contributed by atoms with Crippen molar-refractivity contribution in [2.45, 2.75) is 51.0 Å². The molecular formula is C24H30N6O11S2. The van der Waals surface area contributed by atoms with Crippen LogP contribution in [-0.2, 0) is 43.0 Å². The van der Waals surface area contributed by atoms with E-state index in [2.05, 4.69) is 20.3 Å². The van der Waals surface area contributed by atoms with E-state index in [1.54, 1.807) is 13.8 Å². The van der Waals surface area contributed by atoms with Gasteiger partial charge in [0, 0.05) is 45.3 Å². The molecule has 0 spiro atoms. The zero-order valence-electron chi connectivity index (χ0n) is 24.0. The van der Waals surface area contributed by atoms with E-state index in [1.807, 2.05) is 0 Å². The summed E-state index contributed by atoms with van der Waals surface area (Å²) in [5.74, 6) is -3.96. The number of nitrogens with two attached hydrogens (primary N) is 1. The minimum absolute atomic E-state index is 0.0630. The molecule has 17 nitrogen and oxygen atoms in total. The number of fused-ring (bicyclic) bond motifs is 1. The van der Waals surface area contributed by atoms with Crippen LogP contribution < -0.4 is 11.1 Å². The third kappa shape index (κ3) is 7.72. The predicted octanol–water partition coefficient (Wildman–Crippen LogP) is 0.796. The number of esters is 1. The van der Waals surface area contributed by atoms with Gasteiger partial charge in [0.25, 0.3) is 11.8 Å². The van der Waals surface area contributed by atoms with Gasteiger partial charge in [0.05, 0.1) is 6.10 Å². The Balaban J connectivity index is 1.91. The highest BCUT2D eigenvalue weighted by Crippen LogP contribution is 2.44. The summed E-state index contributed by atoms with van der Waals surface area (Å²) in [5, 5.41) is 6.28. The molecule has 43 heavy (non-hydrogen) atoms. The number of carbonyl (C=O) groups excluding carboxylic acids is 6. The number of thiazole rings is 1. The third-order valence-electron chi connectivity index (χ3n) is 5.43. The second-order valence-corrected chi connectivity index (χ2v) is 11.4. The Labute approximate surface area is 253 Å². The molecule has 2 aliphatic rings. The molecule has 1 aromatic rings. The fourth-order valence-corrected chi connectivity index (χ4v) is 5.50. The number of rotatable bonds is 10. The van der Waals surface area contributed by atoms with Crippen LogP contribution in [0.4, 0.5) is 14.7 Å². The number of hydrogen-bond acceptors (Lipinski definition) is 16. The molecule has 3 heterocycles. The van der Waals surface area contributed by atoms with Gasteiger partial charge in [0.1, 0.15) is 17.7 Å². The molecule has 1 fully saturated rings. The summed E-state index contributed by atoms with van der Waals surface area (Å²) < 4.78 is 20.2. The van der Waals surface area contributed by atoms with Crippen molar-refractivity contribution in [3.05, 3.63) is 22.8 Å². The summed E-state index contributed by atoms with van der Waals surface area (Å²) >= 11 is 2.03. The topological polar surface area (TPSA) is 218 Å². The van der Waals surface area contributed by atoms with Crippen LogP contribution in [0, 0.1) is 0 Å². The van der Waals surface area contributed by atoms with Gasteiger partial charge in [-0.05, 0) is 19.4 Å². The monoisotopic (exact) mass is 642 g/mol. The van der Waals surface area contributed by atoms with Crippen molar-refractivity contribution in [3.8, 4) is 0 Å². The molecule has 0 aromatic carbocycles. The molecule has 0 bridgehead atoms. The molecule has 234 valence electrons. The molecule has 2 unspecified atom stereocenters. The van der Waals surface area contributed by atoms with Crippen LogP contribution in [0.2, 0.25) is 0 Å². The van der Waals surface area contributed by atoms with Crippen molar-refractivity contribution in [2.75, 3.05) is 32.2 Å². The first-order valence-electron chi connectivity index (χ1n) is 12.5. The van der Waals surface area contributed by atoms with Crippen molar-refractivity contribution >= 4 is 69.9 Å². The minimum atomic E-state index is -2.35. The number of aromatic nitrogens is 1. The second-order valence-electron chi connectivity index (χ2n) is 9.48. The summed E-state index contributed by atoms with van der Waals surface area (Å²) in [6, 6.07) is 0. The molecule has 0 saturated carbocycles. The number of β-lactam (4-membered cyclic amide) rings is 1. The smallest absolute Gasteiger partial charge is 0.445 e. The lowest BCUT2D eigenvalue weighted by molar-refractivity contribution is -0.188. The maximum Gasteiger partial charge on any atom is 0.511 e. The SMILES string of the molecule is CC(=O)ON=C(C(=O)NC1(C(=O)OC(C)OC(=O)OC(C)C)C(=O)N2C=C(COC(=O)N(C)C)CS[C@H]21)c1csc(N)n1. The van der Waals surface area contributed by atoms with Gasteiger partial charge in [0.2, 0.25) is 11.8 Å². The number of oxime groups is 1. The Morgan fingerprint density at radius 3 is 2.49 bits per heavy atom. The molecule has 3 N–H and O–H groups in total. The quantitative estimate of drug-likeness (QED) is 0.0527. The highest BCUT2D eigenvalue weighted by Gasteiger charge is 2.69. The minimum Gasteiger partial charge on any atom is -0.445 e. The average Bonchev–Trinajstić information content (AvgIpc) is 3.34. The average molecular weight is 643 g/mol. The Morgan fingerprint density at radius 1 is 1.21 bits per heavy atom. The lowest BCUT2D eigenvalue weighted by atomic mass is 9.87. The molecule has 1 aromatic heterocycles. The Kier molecular flexibility index (Phi) is 10.6. The van der Waals surface area contributed by atoms with E-state index in [0.29, 0.717) is 5.57 Å². The highest BCUT2D eigenvalue weighted by atomic mass is 32.2. The van der Waals surface area contributed by atoms with E-state index in [9.17, 15) is 28.8 Å². The van der Waals surface area contributed by atoms with Crippen molar-refractivity contribution in [1.82, 2.24) is 20.1 Å². The number of amides is 3.